The number of likely N-dealkylation sites (tertiary alicyclic amines) is 1. The molecule has 0 bridgehead atoms. The third kappa shape index (κ3) is 3.04. The number of nitrogens with zero attached hydrogens (tertiary/aromatic N) is 5. The Labute approximate surface area is 147 Å². The number of imidazole rings is 2. The van der Waals surface area contributed by atoms with Crippen LogP contribution >= 0.6 is 0 Å². The van der Waals surface area contributed by atoms with Crippen molar-refractivity contribution in [2.75, 3.05) is 13.1 Å². The van der Waals surface area contributed by atoms with Crippen LogP contribution < -0.4 is 0 Å². The molecule has 6 heteroatoms. The molecule has 0 radical (unpaired) electrons. The molecule has 2 aromatic heterocycles. The summed E-state index contributed by atoms with van der Waals surface area (Å²) in [6.45, 7) is 4.27. The minimum absolute atomic E-state index is 0.214. The molecule has 1 aliphatic rings. The second kappa shape index (κ2) is 6.35. The number of amides is 1. The van der Waals surface area contributed by atoms with Crippen LogP contribution in [0.2, 0.25) is 0 Å². The molecule has 130 valence electrons. The van der Waals surface area contributed by atoms with Gasteiger partial charge in [-0.2, -0.15) is 0 Å². The second-order valence-electron chi connectivity index (χ2n) is 6.85. The summed E-state index contributed by atoms with van der Waals surface area (Å²) in [4.78, 5) is 23.6. The van der Waals surface area contributed by atoms with Crippen molar-refractivity contribution in [3.8, 4) is 0 Å². The van der Waals surface area contributed by atoms with Gasteiger partial charge in [0, 0.05) is 45.2 Å². The van der Waals surface area contributed by atoms with Gasteiger partial charge in [-0.3, -0.25) is 4.79 Å². The lowest BCUT2D eigenvalue weighted by Gasteiger charge is -2.17. The molecular formula is C19H23N5O. The summed E-state index contributed by atoms with van der Waals surface area (Å²) in [7, 11) is 2.03. The van der Waals surface area contributed by atoms with Gasteiger partial charge in [-0.1, -0.05) is 12.1 Å². The second-order valence-corrected chi connectivity index (χ2v) is 6.85. The molecule has 6 nitrogen and oxygen atoms in total. The Morgan fingerprint density at radius 3 is 2.96 bits per heavy atom. The maximum absolute atomic E-state index is 12.6. The van der Waals surface area contributed by atoms with Crippen LogP contribution in [0, 0.1) is 6.92 Å². The minimum Gasteiger partial charge on any atom is -0.342 e. The van der Waals surface area contributed by atoms with Gasteiger partial charge in [-0.25, -0.2) is 9.97 Å². The van der Waals surface area contributed by atoms with E-state index in [1.807, 2.05) is 55.7 Å². The van der Waals surface area contributed by atoms with Crippen LogP contribution in [0.15, 0.2) is 36.8 Å². The lowest BCUT2D eigenvalue weighted by molar-refractivity contribution is -0.130. The van der Waals surface area contributed by atoms with Gasteiger partial charge in [0.1, 0.15) is 5.82 Å². The average molecular weight is 337 g/mol. The van der Waals surface area contributed by atoms with Crippen molar-refractivity contribution in [2.24, 2.45) is 7.05 Å². The van der Waals surface area contributed by atoms with Crippen LogP contribution in [0.1, 0.15) is 30.3 Å². The van der Waals surface area contributed by atoms with E-state index in [-0.39, 0.29) is 5.91 Å². The SMILES string of the molecule is Cc1cn(C)c([C@H]2CCN(C(=O)CCn3cnc4ccccc43)C2)n1. The number of aryl methyl sites for hydroxylation is 3. The first kappa shape index (κ1) is 15.9. The minimum atomic E-state index is 0.214. The van der Waals surface area contributed by atoms with E-state index in [2.05, 4.69) is 19.1 Å². The molecule has 0 unspecified atom stereocenters. The fourth-order valence-electron chi connectivity index (χ4n) is 3.77. The van der Waals surface area contributed by atoms with E-state index < -0.39 is 0 Å². The summed E-state index contributed by atoms with van der Waals surface area (Å²) < 4.78 is 4.15. The summed E-state index contributed by atoms with van der Waals surface area (Å²) in [5.74, 6) is 1.65. The normalized spacial score (nSPS) is 17.5. The van der Waals surface area contributed by atoms with Crippen LogP contribution in [0.4, 0.5) is 0 Å². The number of benzene rings is 1. The average Bonchev–Trinajstić information content (AvgIpc) is 3.31. The van der Waals surface area contributed by atoms with Crippen LogP contribution in [0.3, 0.4) is 0 Å². The van der Waals surface area contributed by atoms with Gasteiger partial charge in [-0.05, 0) is 25.5 Å². The van der Waals surface area contributed by atoms with E-state index in [0.29, 0.717) is 18.9 Å². The number of hydrogen-bond donors (Lipinski definition) is 0. The van der Waals surface area contributed by atoms with E-state index in [9.17, 15) is 4.79 Å². The molecule has 1 aliphatic heterocycles. The lowest BCUT2D eigenvalue weighted by atomic mass is 10.1. The maximum Gasteiger partial charge on any atom is 0.224 e. The van der Waals surface area contributed by atoms with Gasteiger partial charge in [0.2, 0.25) is 5.91 Å². The largest absolute Gasteiger partial charge is 0.342 e. The molecule has 0 N–H and O–H groups in total. The number of fused-ring (bicyclic) bond motifs is 1. The third-order valence-electron chi connectivity index (χ3n) is 5.03. The van der Waals surface area contributed by atoms with Crippen molar-refractivity contribution in [3.63, 3.8) is 0 Å². The van der Waals surface area contributed by atoms with Crippen LogP contribution in [0.5, 0.6) is 0 Å². The molecule has 0 saturated carbocycles. The predicted octanol–water partition coefficient (Wildman–Crippen LogP) is 2.48. The Bertz CT molecular complexity index is 910. The van der Waals surface area contributed by atoms with Crippen molar-refractivity contribution in [3.05, 3.63) is 48.3 Å². The first-order chi connectivity index (χ1) is 12.1. The maximum atomic E-state index is 12.6. The molecule has 4 rings (SSSR count). The van der Waals surface area contributed by atoms with Gasteiger partial charge in [0.15, 0.2) is 0 Å². The highest BCUT2D eigenvalue weighted by atomic mass is 16.2. The molecule has 1 saturated heterocycles. The van der Waals surface area contributed by atoms with Gasteiger partial charge >= 0.3 is 0 Å². The Morgan fingerprint density at radius 1 is 1.32 bits per heavy atom. The van der Waals surface area contributed by atoms with E-state index >= 15 is 0 Å². The Kier molecular flexibility index (Phi) is 4.03. The number of carbonyl (C=O) groups excluding carboxylic acids is 1. The van der Waals surface area contributed by atoms with Crippen LogP contribution in [0.25, 0.3) is 11.0 Å². The Balaban J connectivity index is 1.38. The molecule has 1 atom stereocenters. The standard InChI is InChI=1S/C19H23N5O/c1-14-11-22(2)19(21-14)15-7-9-23(12-15)18(25)8-10-24-13-20-16-5-3-4-6-17(16)24/h3-6,11,13,15H,7-10,12H2,1-2H3/t15-/m0/s1. The molecule has 3 heterocycles. The van der Waals surface area contributed by atoms with Crippen LogP contribution in [-0.2, 0) is 18.4 Å². The quantitative estimate of drug-likeness (QED) is 0.735. The van der Waals surface area contributed by atoms with Crippen molar-refractivity contribution >= 4 is 16.9 Å². The highest BCUT2D eigenvalue weighted by molar-refractivity contribution is 5.78. The van der Waals surface area contributed by atoms with Gasteiger partial charge in [0.25, 0.3) is 0 Å². The molecule has 0 aliphatic carbocycles. The molecule has 1 fully saturated rings. The Morgan fingerprint density at radius 2 is 2.16 bits per heavy atom. The Hall–Kier alpha value is -2.63. The fraction of sp³-hybridized carbons (Fsp3) is 0.421. The summed E-state index contributed by atoms with van der Waals surface area (Å²) in [6, 6.07) is 8.02. The first-order valence-corrected chi connectivity index (χ1v) is 8.79. The molecule has 25 heavy (non-hydrogen) atoms. The van der Waals surface area contributed by atoms with Gasteiger partial charge < -0.3 is 14.0 Å². The zero-order valence-corrected chi connectivity index (χ0v) is 14.7. The highest BCUT2D eigenvalue weighted by Gasteiger charge is 2.29. The van der Waals surface area contributed by atoms with E-state index in [0.717, 1.165) is 42.1 Å². The van der Waals surface area contributed by atoms with Gasteiger partial charge in [-0.15, -0.1) is 0 Å². The number of para-hydroxylation sites is 2. The van der Waals surface area contributed by atoms with Crippen molar-refractivity contribution in [2.45, 2.75) is 32.2 Å². The van der Waals surface area contributed by atoms with Crippen molar-refractivity contribution in [1.29, 1.82) is 0 Å². The number of rotatable bonds is 4. The summed E-state index contributed by atoms with van der Waals surface area (Å²) in [5, 5.41) is 0. The van der Waals surface area contributed by atoms with Crippen molar-refractivity contribution in [1.82, 2.24) is 24.0 Å². The topological polar surface area (TPSA) is 56.0 Å². The number of hydrogen-bond acceptors (Lipinski definition) is 3. The summed E-state index contributed by atoms with van der Waals surface area (Å²) in [6.07, 6.45) is 5.36. The molecule has 0 spiro atoms. The predicted molar refractivity (Wildman–Crippen MR) is 96.2 cm³/mol. The van der Waals surface area contributed by atoms with E-state index in [4.69, 9.17) is 0 Å². The third-order valence-corrected chi connectivity index (χ3v) is 5.03. The lowest BCUT2D eigenvalue weighted by Crippen LogP contribution is -2.29. The van der Waals surface area contributed by atoms with Crippen LogP contribution in [-0.4, -0.2) is 43.0 Å². The fourth-order valence-corrected chi connectivity index (χ4v) is 3.77. The monoisotopic (exact) mass is 337 g/mol. The number of aromatic nitrogens is 4. The molecule has 1 aromatic carbocycles. The highest BCUT2D eigenvalue weighted by Crippen LogP contribution is 2.26. The zero-order chi connectivity index (χ0) is 17.4. The molecule has 1 amide bonds. The zero-order valence-electron chi connectivity index (χ0n) is 14.7. The smallest absolute Gasteiger partial charge is 0.224 e. The van der Waals surface area contributed by atoms with Gasteiger partial charge in [0.05, 0.1) is 23.1 Å². The summed E-state index contributed by atoms with van der Waals surface area (Å²) >= 11 is 0. The first-order valence-electron chi connectivity index (χ1n) is 8.79. The molecule has 3 aromatic rings. The van der Waals surface area contributed by atoms with Crippen molar-refractivity contribution < 1.29 is 4.79 Å². The molecular weight excluding hydrogens is 314 g/mol. The number of carbonyl (C=O) groups is 1. The summed E-state index contributed by atoms with van der Waals surface area (Å²) in [5.41, 5.74) is 3.09. The van der Waals surface area contributed by atoms with E-state index in [1.54, 1.807) is 0 Å². The van der Waals surface area contributed by atoms with E-state index in [1.165, 1.54) is 0 Å².